The number of nitrogens with zero attached hydrogens (tertiary/aromatic N) is 1. The number of carbonyl (C=O) groups excluding carboxylic acids is 1. The smallest absolute Gasteiger partial charge is 0.409 e. The number of rotatable bonds is 8. The SMILES string of the molecule is Cc1ccc(C(NC2(C(=O)O)CCN(C(=O)OCC3c4ccccc4-c4ccccc43)CC2)(c2ccccc2)c2ccccc2)cc1. The normalized spacial score (nSPS) is 15.5. The Morgan fingerprint density at radius 1 is 0.723 bits per heavy atom. The first kappa shape index (κ1) is 30.5. The summed E-state index contributed by atoms with van der Waals surface area (Å²) in [6.07, 6.45) is 0.0290. The summed E-state index contributed by atoms with van der Waals surface area (Å²) >= 11 is 0. The van der Waals surface area contributed by atoms with Crippen LogP contribution < -0.4 is 5.32 Å². The molecule has 1 heterocycles. The number of hydrogen-bond acceptors (Lipinski definition) is 4. The molecule has 6 heteroatoms. The number of benzene rings is 5. The van der Waals surface area contributed by atoms with Gasteiger partial charge in [-0.2, -0.15) is 0 Å². The van der Waals surface area contributed by atoms with Crippen molar-refractivity contribution in [2.75, 3.05) is 19.7 Å². The van der Waals surface area contributed by atoms with Crippen molar-refractivity contribution in [3.05, 3.63) is 167 Å². The lowest BCUT2D eigenvalue weighted by molar-refractivity contribution is -0.148. The van der Waals surface area contributed by atoms with Gasteiger partial charge in [0, 0.05) is 19.0 Å². The zero-order chi connectivity index (χ0) is 32.4. The molecule has 5 aromatic carbocycles. The highest BCUT2D eigenvalue weighted by Gasteiger charge is 2.50. The molecule has 1 fully saturated rings. The number of ether oxygens (including phenoxy) is 1. The highest BCUT2D eigenvalue weighted by molar-refractivity contribution is 5.81. The average Bonchev–Trinajstić information content (AvgIpc) is 3.44. The Bertz CT molecular complexity index is 1800. The fraction of sp³-hybridized carbons (Fsp3) is 0.220. The van der Waals surface area contributed by atoms with Gasteiger partial charge in [0.2, 0.25) is 0 Å². The Morgan fingerprint density at radius 2 is 1.19 bits per heavy atom. The Labute approximate surface area is 275 Å². The molecule has 0 radical (unpaired) electrons. The van der Waals surface area contributed by atoms with Crippen LogP contribution >= 0.6 is 0 Å². The molecule has 1 aliphatic carbocycles. The molecular formula is C41H38N2O4. The number of nitrogens with one attached hydrogen (secondary N) is 1. The molecule has 0 bridgehead atoms. The number of aliphatic carboxylic acids is 1. The molecule has 47 heavy (non-hydrogen) atoms. The molecule has 6 nitrogen and oxygen atoms in total. The van der Waals surface area contributed by atoms with E-state index in [4.69, 9.17) is 4.74 Å². The Balaban J connectivity index is 1.15. The Kier molecular flexibility index (Phi) is 8.12. The van der Waals surface area contributed by atoms with Gasteiger partial charge in [0.05, 0.1) is 5.54 Å². The highest BCUT2D eigenvalue weighted by atomic mass is 16.6. The molecule has 0 aromatic heterocycles. The molecule has 1 amide bonds. The summed E-state index contributed by atoms with van der Waals surface area (Å²) in [4.78, 5) is 28.4. The minimum absolute atomic E-state index is 0.0391. The maximum atomic E-state index is 13.5. The summed E-state index contributed by atoms with van der Waals surface area (Å²) in [7, 11) is 0. The monoisotopic (exact) mass is 622 g/mol. The summed E-state index contributed by atoms with van der Waals surface area (Å²) in [5.74, 6) is -0.976. The lowest BCUT2D eigenvalue weighted by atomic mass is 9.73. The lowest BCUT2D eigenvalue weighted by Gasteiger charge is -2.47. The van der Waals surface area contributed by atoms with Gasteiger partial charge in [-0.15, -0.1) is 0 Å². The molecule has 7 rings (SSSR count). The number of carboxylic acid groups (broad SMARTS) is 1. The van der Waals surface area contributed by atoms with E-state index in [9.17, 15) is 14.7 Å². The van der Waals surface area contributed by atoms with Gasteiger partial charge in [-0.05, 0) is 58.7 Å². The zero-order valence-electron chi connectivity index (χ0n) is 26.4. The van der Waals surface area contributed by atoms with E-state index >= 15 is 0 Å². The molecule has 5 aromatic rings. The second kappa shape index (κ2) is 12.5. The minimum Gasteiger partial charge on any atom is -0.480 e. The minimum atomic E-state index is -1.31. The van der Waals surface area contributed by atoms with Crippen LogP contribution in [0.15, 0.2) is 133 Å². The van der Waals surface area contributed by atoms with Crippen molar-refractivity contribution in [1.82, 2.24) is 10.2 Å². The zero-order valence-corrected chi connectivity index (χ0v) is 26.4. The van der Waals surface area contributed by atoms with E-state index in [-0.39, 0.29) is 38.5 Å². The molecule has 1 aliphatic heterocycles. The second-order valence-corrected chi connectivity index (χ2v) is 12.7. The number of likely N-dealkylation sites (tertiary alicyclic amines) is 1. The van der Waals surface area contributed by atoms with Gasteiger partial charge in [0.25, 0.3) is 0 Å². The van der Waals surface area contributed by atoms with Crippen molar-refractivity contribution in [3.63, 3.8) is 0 Å². The molecular weight excluding hydrogens is 584 g/mol. The largest absolute Gasteiger partial charge is 0.480 e. The summed E-state index contributed by atoms with van der Waals surface area (Å²) in [5, 5.41) is 14.6. The predicted molar refractivity (Wildman–Crippen MR) is 183 cm³/mol. The van der Waals surface area contributed by atoms with Crippen LogP contribution in [0.1, 0.15) is 52.1 Å². The van der Waals surface area contributed by atoms with E-state index in [0.717, 1.165) is 33.4 Å². The summed E-state index contributed by atoms with van der Waals surface area (Å²) in [6.45, 7) is 2.78. The van der Waals surface area contributed by atoms with Crippen molar-refractivity contribution >= 4 is 12.1 Å². The van der Waals surface area contributed by atoms with Crippen LogP contribution in [0.25, 0.3) is 11.1 Å². The Hall–Kier alpha value is -5.20. The number of amides is 1. The van der Waals surface area contributed by atoms with Gasteiger partial charge < -0.3 is 14.7 Å². The first-order chi connectivity index (χ1) is 22.9. The van der Waals surface area contributed by atoms with Gasteiger partial charge in [0.15, 0.2) is 0 Å². The molecule has 1 saturated heterocycles. The third-order valence-electron chi connectivity index (χ3n) is 9.95. The van der Waals surface area contributed by atoms with Crippen molar-refractivity contribution in [2.24, 2.45) is 0 Å². The maximum absolute atomic E-state index is 13.5. The van der Waals surface area contributed by atoms with Crippen molar-refractivity contribution in [1.29, 1.82) is 0 Å². The van der Waals surface area contributed by atoms with E-state index in [0.29, 0.717) is 0 Å². The number of aryl methyl sites for hydroxylation is 1. The maximum Gasteiger partial charge on any atom is 0.409 e. The number of hydrogen-bond donors (Lipinski definition) is 2. The number of fused-ring (bicyclic) bond motifs is 3. The van der Waals surface area contributed by atoms with Gasteiger partial charge in [-0.3, -0.25) is 10.1 Å². The summed E-state index contributed by atoms with van der Waals surface area (Å²) < 4.78 is 5.95. The third-order valence-corrected chi connectivity index (χ3v) is 9.95. The Morgan fingerprint density at radius 3 is 1.70 bits per heavy atom. The van der Waals surface area contributed by atoms with Gasteiger partial charge in [-0.25, -0.2) is 4.79 Å². The number of piperidine rings is 1. The molecule has 2 N–H and O–H groups in total. The summed E-state index contributed by atoms with van der Waals surface area (Å²) in [5.41, 5.74) is 6.34. The van der Waals surface area contributed by atoms with Crippen LogP contribution in [0, 0.1) is 6.92 Å². The molecule has 0 unspecified atom stereocenters. The van der Waals surface area contributed by atoms with Crippen molar-refractivity contribution in [3.8, 4) is 11.1 Å². The summed E-state index contributed by atoms with van der Waals surface area (Å²) in [6, 6.07) is 44.8. The average molecular weight is 623 g/mol. The number of carbonyl (C=O) groups is 2. The van der Waals surface area contributed by atoms with E-state index in [1.165, 1.54) is 11.1 Å². The molecule has 0 spiro atoms. The lowest BCUT2D eigenvalue weighted by Crippen LogP contribution is -2.65. The van der Waals surface area contributed by atoms with Gasteiger partial charge >= 0.3 is 12.1 Å². The van der Waals surface area contributed by atoms with Crippen LogP contribution in [0.3, 0.4) is 0 Å². The fourth-order valence-corrected chi connectivity index (χ4v) is 7.40. The number of carboxylic acids is 1. The first-order valence-corrected chi connectivity index (χ1v) is 16.2. The molecule has 236 valence electrons. The van der Waals surface area contributed by atoms with E-state index in [2.05, 4.69) is 53.8 Å². The van der Waals surface area contributed by atoms with Gasteiger partial charge in [0.1, 0.15) is 12.1 Å². The molecule has 0 atom stereocenters. The quantitative estimate of drug-likeness (QED) is 0.173. The van der Waals surface area contributed by atoms with Crippen LogP contribution in [-0.4, -0.2) is 47.3 Å². The van der Waals surface area contributed by atoms with Crippen molar-refractivity contribution in [2.45, 2.75) is 36.8 Å². The van der Waals surface area contributed by atoms with E-state index in [1.54, 1.807) is 4.90 Å². The molecule has 0 saturated carbocycles. The second-order valence-electron chi connectivity index (χ2n) is 12.7. The van der Waals surface area contributed by atoms with Crippen LogP contribution in [0.4, 0.5) is 4.79 Å². The standard InChI is InChI=1S/C41H38N2O4/c1-29-20-22-32(23-21-29)41(30-12-4-2-5-13-30,31-14-6-3-7-15-31)42-40(38(44)45)24-26-43(27-25-40)39(46)47-28-37-35-18-10-8-16-33(35)34-17-9-11-19-36(34)37/h2-23,37,42H,24-28H2,1H3,(H,44,45). The highest BCUT2D eigenvalue weighted by Crippen LogP contribution is 2.45. The van der Waals surface area contributed by atoms with Crippen LogP contribution in [0.5, 0.6) is 0 Å². The van der Waals surface area contributed by atoms with Crippen LogP contribution in [0.2, 0.25) is 0 Å². The van der Waals surface area contributed by atoms with E-state index < -0.39 is 23.1 Å². The van der Waals surface area contributed by atoms with Gasteiger partial charge in [-0.1, -0.05) is 139 Å². The third kappa shape index (κ3) is 5.49. The van der Waals surface area contributed by atoms with Crippen LogP contribution in [-0.2, 0) is 15.1 Å². The first-order valence-electron chi connectivity index (χ1n) is 16.2. The van der Waals surface area contributed by atoms with Crippen molar-refractivity contribution < 1.29 is 19.4 Å². The van der Waals surface area contributed by atoms with E-state index in [1.807, 2.05) is 91.9 Å². The fourth-order valence-electron chi connectivity index (χ4n) is 7.40. The topological polar surface area (TPSA) is 78.9 Å². The molecule has 2 aliphatic rings. The predicted octanol–water partition coefficient (Wildman–Crippen LogP) is 7.74.